The number of hydrogen-bond donors (Lipinski definition) is 0. The van der Waals surface area contributed by atoms with Crippen molar-refractivity contribution in [3.05, 3.63) is 59.2 Å². The van der Waals surface area contributed by atoms with E-state index >= 15 is 0 Å². The summed E-state index contributed by atoms with van der Waals surface area (Å²) in [6, 6.07) is 14.5. The number of methoxy groups -OCH3 is 2. The highest BCUT2D eigenvalue weighted by Crippen LogP contribution is 2.39. The first-order valence-electron chi connectivity index (χ1n) is 10.9. The van der Waals surface area contributed by atoms with Gasteiger partial charge in [-0.25, -0.2) is 0 Å². The lowest BCUT2D eigenvalue weighted by atomic mass is 9.85. The molecule has 2 aromatic carbocycles. The summed E-state index contributed by atoms with van der Waals surface area (Å²) >= 11 is 0. The maximum absolute atomic E-state index is 12.9. The second-order valence-corrected chi connectivity index (χ2v) is 9.30. The summed E-state index contributed by atoms with van der Waals surface area (Å²) in [5, 5.41) is 0. The smallest absolute Gasteiger partial charge is 0.166 e. The van der Waals surface area contributed by atoms with E-state index in [0.29, 0.717) is 17.4 Å². The lowest BCUT2D eigenvalue weighted by molar-refractivity contribution is 0.0895. The fraction of sp³-hybridized carbons (Fsp3) is 0.458. The maximum atomic E-state index is 12.9. The molecule has 1 saturated heterocycles. The summed E-state index contributed by atoms with van der Waals surface area (Å²) in [7, 11) is -1.91. The maximum Gasteiger partial charge on any atom is 0.166 e. The third-order valence-electron chi connectivity index (χ3n) is 6.29. The Kier molecular flexibility index (Phi) is 8.47. The predicted molar refractivity (Wildman–Crippen MR) is 121 cm³/mol. The van der Waals surface area contributed by atoms with Gasteiger partial charge in [0.25, 0.3) is 0 Å². The first-order chi connectivity index (χ1) is 15.7. The molecule has 4 rings (SSSR count). The van der Waals surface area contributed by atoms with Gasteiger partial charge < -0.3 is 18.6 Å². The monoisotopic (exact) mass is 475 g/mol. The Hall–Kier alpha value is -2.46. The molecule has 0 N–H and O–H groups in total. The zero-order valence-electron chi connectivity index (χ0n) is 18.9. The van der Waals surface area contributed by atoms with Crippen molar-refractivity contribution in [1.82, 2.24) is 4.90 Å². The Morgan fingerprint density at radius 3 is 2.15 bits per heavy atom. The fourth-order valence-electron chi connectivity index (χ4n) is 4.71. The summed E-state index contributed by atoms with van der Waals surface area (Å²) in [6.07, 6.45) is 4.19. The molecule has 0 saturated carbocycles. The van der Waals surface area contributed by atoms with Crippen molar-refractivity contribution >= 4 is 16.2 Å². The summed E-state index contributed by atoms with van der Waals surface area (Å²) in [6.45, 7) is 3.27. The molecule has 2 aromatic rings. The van der Waals surface area contributed by atoms with Crippen LogP contribution in [0.25, 0.3) is 0 Å². The van der Waals surface area contributed by atoms with Gasteiger partial charge in [0.1, 0.15) is 0 Å². The third kappa shape index (κ3) is 7.26. The van der Waals surface area contributed by atoms with Gasteiger partial charge in [0.05, 0.1) is 14.2 Å². The van der Waals surface area contributed by atoms with Crippen molar-refractivity contribution < 1.29 is 31.8 Å². The molecule has 1 fully saturated rings. The van der Waals surface area contributed by atoms with Gasteiger partial charge in [0, 0.05) is 28.4 Å². The van der Waals surface area contributed by atoms with Gasteiger partial charge >= 0.3 is 0 Å². The molecule has 9 heteroatoms. The van der Waals surface area contributed by atoms with Crippen LogP contribution in [-0.4, -0.2) is 55.5 Å². The summed E-state index contributed by atoms with van der Waals surface area (Å²) < 4.78 is 44.9. The van der Waals surface area contributed by atoms with Crippen LogP contribution in [0, 0.1) is 11.8 Å². The van der Waals surface area contributed by atoms with E-state index in [0.717, 1.165) is 43.6 Å². The van der Waals surface area contributed by atoms with E-state index in [9.17, 15) is 4.79 Å². The first-order valence-corrected chi connectivity index (χ1v) is 12.2. The zero-order chi connectivity index (χ0) is 24.0. The Bertz CT molecular complexity index is 1040. The van der Waals surface area contributed by atoms with Crippen LogP contribution < -0.4 is 9.47 Å². The molecule has 33 heavy (non-hydrogen) atoms. The molecular weight excluding hydrogens is 446 g/mol. The average molecular weight is 476 g/mol. The molecule has 1 atom stereocenters. The molecule has 0 amide bonds. The largest absolute Gasteiger partial charge is 0.759 e. The molecule has 1 aliphatic carbocycles. The van der Waals surface area contributed by atoms with E-state index in [1.165, 1.54) is 18.4 Å². The van der Waals surface area contributed by atoms with Crippen LogP contribution in [0.3, 0.4) is 0 Å². The Balaban J connectivity index is 0.000000555. The van der Waals surface area contributed by atoms with Crippen molar-refractivity contribution in [1.29, 1.82) is 0 Å². The molecule has 2 aliphatic rings. The zero-order valence-corrected chi connectivity index (χ0v) is 19.7. The number of Topliss-reactive ketones (excluding diaryl/α,β-unsaturated/α-hetero) is 1. The molecular formula is C24H29NO7S-2. The van der Waals surface area contributed by atoms with Crippen LogP contribution in [0.15, 0.2) is 42.5 Å². The van der Waals surface area contributed by atoms with Crippen molar-refractivity contribution in [2.45, 2.75) is 32.2 Å². The molecule has 1 aliphatic heterocycles. The van der Waals surface area contributed by atoms with Crippen LogP contribution in [0.1, 0.15) is 40.7 Å². The topological polar surface area (TPSA) is 119 Å². The number of likely N-dealkylation sites (tertiary alicyclic amines) is 1. The first kappa shape index (κ1) is 25.2. The van der Waals surface area contributed by atoms with Gasteiger partial charge in [0.2, 0.25) is 0 Å². The minimum atomic E-state index is -5.17. The van der Waals surface area contributed by atoms with Crippen LogP contribution >= 0.6 is 0 Å². The molecule has 0 aromatic heterocycles. The Morgan fingerprint density at radius 2 is 1.58 bits per heavy atom. The SMILES string of the molecule is COc1cc2c(cc1OC)C(=O)C(CC1CCN(Cc3ccccc3)CC1)C2.O=S(=O)([O-])[O-]. The van der Waals surface area contributed by atoms with Crippen molar-refractivity contribution in [2.24, 2.45) is 11.8 Å². The lowest BCUT2D eigenvalue weighted by Gasteiger charge is -2.32. The normalized spacial score (nSPS) is 18.9. The van der Waals surface area contributed by atoms with Crippen molar-refractivity contribution in [2.75, 3.05) is 27.3 Å². The second kappa shape index (κ2) is 11.1. The standard InChI is InChI=1S/C24H29NO3.H2O4S/c1-27-22-14-19-13-20(24(26)21(19)15-23(22)28-2)12-17-8-10-25(11-9-17)16-18-6-4-3-5-7-18;1-5(2,3)4/h3-7,14-15,17,20H,8-13,16H2,1-2H3;(H2,1,2,3,4)/p-2. The van der Waals surface area contributed by atoms with Crippen LogP contribution in [0.4, 0.5) is 0 Å². The molecule has 8 nitrogen and oxygen atoms in total. The Morgan fingerprint density at radius 1 is 1.00 bits per heavy atom. The van der Waals surface area contributed by atoms with Crippen molar-refractivity contribution in [3.8, 4) is 11.5 Å². The predicted octanol–water partition coefficient (Wildman–Crippen LogP) is 3.02. The van der Waals surface area contributed by atoms with Crippen molar-refractivity contribution in [3.63, 3.8) is 0 Å². The molecule has 0 radical (unpaired) electrons. The highest BCUT2D eigenvalue weighted by Gasteiger charge is 2.34. The van der Waals surface area contributed by atoms with E-state index in [1.54, 1.807) is 14.2 Å². The molecule has 180 valence electrons. The highest BCUT2D eigenvalue weighted by atomic mass is 32.3. The number of piperidine rings is 1. The fourth-order valence-corrected chi connectivity index (χ4v) is 4.71. The molecule has 0 bridgehead atoms. The van der Waals surface area contributed by atoms with E-state index < -0.39 is 10.4 Å². The number of hydrogen-bond acceptors (Lipinski definition) is 8. The minimum absolute atomic E-state index is 0.109. The number of ketones is 1. The number of nitrogens with zero attached hydrogens (tertiary/aromatic N) is 1. The van der Waals surface area contributed by atoms with Gasteiger partial charge in [-0.1, -0.05) is 30.3 Å². The molecule has 0 spiro atoms. The van der Waals surface area contributed by atoms with E-state index in [-0.39, 0.29) is 11.7 Å². The summed E-state index contributed by atoms with van der Waals surface area (Å²) in [5.74, 6) is 2.38. The highest BCUT2D eigenvalue weighted by molar-refractivity contribution is 7.79. The quantitative estimate of drug-likeness (QED) is 0.462. The lowest BCUT2D eigenvalue weighted by Crippen LogP contribution is -2.34. The number of carbonyl (C=O) groups is 1. The van der Waals surface area contributed by atoms with Gasteiger partial charge in [-0.15, -0.1) is 0 Å². The Labute approximate surface area is 195 Å². The average Bonchev–Trinajstić information content (AvgIpc) is 3.08. The van der Waals surface area contributed by atoms with Crippen LogP contribution in [0.5, 0.6) is 11.5 Å². The number of carbonyl (C=O) groups excluding carboxylic acids is 1. The third-order valence-corrected chi connectivity index (χ3v) is 6.29. The van der Waals surface area contributed by atoms with Gasteiger partial charge in [-0.2, -0.15) is 0 Å². The number of fused-ring (bicyclic) bond motifs is 1. The van der Waals surface area contributed by atoms with Crippen LogP contribution in [-0.2, 0) is 23.4 Å². The number of rotatable bonds is 6. The number of ether oxygens (including phenoxy) is 2. The molecule has 1 heterocycles. The van der Waals surface area contributed by atoms with E-state index in [4.69, 9.17) is 27.0 Å². The van der Waals surface area contributed by atoms with E-state index in [1.807, 2.05) is 12.1 Å². The summed E-state index contributed by atoms with van der Waals surface area (Å²) in [4.78, 5) is 15.5. The summed E-state index contributed by atoms with van der Waals surface area (Å²) in [5.41, 5.74) is 3.31. The second-order valence-electron chi connectivity index (χ2n) is 8.48. The van der Waals surface area contributed by atoms with E-state index in [2.05, 4.69) is 35.2 Å². The molecule has 1 unspecified atom stereocenters. The number of benzene rings is 2. The minimum Gasteiger partial charge on any atom is -0.759 e. The van der Waals surface area contributed by atoms with Gasteiger partial charge in [0.15, 0.2) is 17.3 Å². The van der Waals surface area contributed by atoms with Gasteiger partial charge in [-0.3, -0.25) is 18.1 Å². The van der Waals surface area contributed by atoms with Gasteiger partial charge in [-0.05, 0) is 68.0 Å². The van der Waals surface area contributed by atoms with Crippen LogP contribution in [0.2, 0.25) is 0 Å².